The molecule has 14 unspecified atom stereocenters. The zero-order valence-electron chi connectivity index (χ0n) is 37.3. The van der Waals surface area contributed by atoms with Crippen LogP contribution in [0.3, 0.4) is 0 Å². The highest BCUT2D eigenvalue weighted by molar-refractivity contribution is 6.39. The topological polar surface area (TPSA) is 184 Å². The summed E-state index contributed by atoms with van der Waals surface area (Å²) >= 11 is 0. The predicted octanol–water partition coefficient (Wildman–Crippen LogP) is 5.73. The molecule has 2 bridgehead atoms. The van der Waals surface area contributed by atoms with Crippen LogP contribution in [0.2, 0.25) is 0 Å². The molecule has 0 aromatic rings. The van der Waals surface area contributed by atoms with Crippen LogP contribution in [0.4, 0.5) is 0 Å². The van der Waals surface area contributed by atoms with Crippen LogP contribution < -0.4 is 5.73 Å². The van der Waals surface area contributed by atoms with Gasteiger partial charge in [0.1, 0.15) is 30.1 Å². The number of ketones is 2. The summed E-state index contributed by atoms with van der Waals surface area (Å²) in [5, 5.41) is 23.8. The number of nitrogens with zero attached hydrogens (tertiary/aromatic N) is 1. The summed E-state index contributed by atoms with van der Waals surface area (Å²) in [6, 6.07) is -1.26. The number of amides is 1. The van der Waals surface area contributed by atoms with Gasteiger partial charge in [-0.25, -0.2) is 4.79 Å². The van der Waals surface area contributed by atoms with E-state index in [9.17, 15) is 29.4 Å². The van der Waals surface area contributed by atoms with Crippen molar-refractivity contribution in [1.29, 1.82) is 0 Å². The van der Waals surface area contributed by atoms with Crippen LogP contribution in [0.1, 0.15) is 126 Å². The molecule has 2 saturated heterocycles. The molecule has 3 heterocycles. The van der Waals surface area contributed by atoms with E-state index in [1.165, 1.54) is 19.1 Å². The zero-order chi connectivity index (χ0) is 43.8. The van der Waals surface area contributed by atoms with Gasteiger partial charge in [0.15, 0.2) is 0 Å². The second-order valence-electron chi connectivity index (χ2n) is 18.3. The number of fused-ring (bicyclic) bond motifs is 3. The van der Waals surface area contributed by atoms with E-state index in [0.717, 1.165) is 24.0 Å². The van der Waals surface area contributed by atoms with Gasteiger partial charge in [0.25, 0.3) is 11.7 Å². The highest BCUT2D eigenvalue weighted by Crippen LogP contribution is 2.39. The van der Waals surface area contributed by atoms with E-state index in [1.54, 1.807) is 20.1 Å². The standard InChI is InChI=1S/C46H74N2O11/c1-11-33-19-27(4)18-28(5)20-39(55-9)42-40(56-10)22-30(7)46(54,59-42)43(51)44(52)48-17-13-12-14-35(48)45(53)58-41(31(8)36(49)24-37(33)50)29(6)21-32-15-16-34(47)38(23-32)57-25-26(2)3/h19,21,25,28,30-36,38-42,49,54H,11-18,20,22-24,47H2,1-10H3/b27-19+,29-21?. The molecule has 4 rings (SSSR count). The third-order valence-electron chi connectivity index (χ3n) is 13.2. The van der Waals surface area contributed by atoms with Crippen LogP contribution in [0.25, 0.3) is 0 Å². The van der Waals surface area contributed by atoms with Crippen molar-refractivity contribution in [2.45, 2.75) is 181 Å². The van der Waals surface area contributed by atoms with E-state index in [4.69, 9.17) is 29.4 Å². The average molecular weight is 831 g/mol. The molecule has 3 fully saturated rings. The summed E-state index contributed by atoms with van der Waals surface area (Å²) in [7, 11) is 3.08. The summed E-state index contributed by atoms with van der Waals surface area (Å²) in [5.41, 5.74) is 9.17. The van der Waals surface area contributed by atoms with E-state index in [2.05, 4.69) is 13.0 Å². The predicted molar refractivity (Wildman–Crippen MR) is 224 cm³/mol. The van der Waals surface area contributed by atoms with Gasteiger partial charge in [-0.3, -0.25) is 14.4 Å². The van der Waals surface area contributed by atoms with Gasteiger partial charge in [0.05, 0.1) is 24.6 Å². The van der Waals surface area contributed by atoms with E-state index in [1.807, 2.05) is 40.7 Å². The lowest BCUT2D eigenvalue weighted by atomic mass is 9.81. The van der Waals surface area contributed by atoms with Crippen LogP contribution in [-0.4, -0.2) is 114 Å². The van der Waals surface area contributed by atoms with E-state index >= 15 is 0 Å². The maximum atomic E-state index is 14.4. The molecule has 59 heavy (non-hydrogen) atoms. The summed E-state index contributed by atoms with van der Waals surface area (Å²) in [6.45, 7) is 15.3. The Morgan fingerprint density at radius 2 is 1.64 bits per heavy atom. The Hall–Kier alpha value is -2.94. The Kier molecular flexibility index (Phi) is 17.9. The molecule has 1 amide bonds. The molecular weight excluding hydrogens is 757 g/mol. The number of carbonyl (C=O) groups is 4. The second-order valence-corrected chi connectivity index (χ2v) is 18.3. The van der Waals surface area contributed by atoms with Crippen molar-refractivity contribution < 1.29 is 53.1 Å². The fourth-order valence-electron chi connectivity index (χ4n) is 9.56. The first kappa shape index (κ1) is 48.7. The van der Waals surface area contributed by atoms with E-state index < -0.39 is 77.8 Å². The molecule has 14 atom stereocenters. The van der Waals surface area contributed by atoms with Crippen molar-refractivity contribution in [3.05, 3.63) is 35.1 Å². The first-order valence-corrected chi connectivity index (χ1v) is 22.0. The minimum absolute atomic E-state index is 0.0381. The zero-order valence-corrected chi connectivity index (χ0v) is 37.3. The lowest BCUT2D eigenvalue weighted by Gasteiger charge is -2.47. The number of hydrogen-bond acceptors (Lipinski definition) is 12. The molecule has 1 saturated carbocycles. The van der Waals surface area contributed by atoms with Crippen LogP contribution in [0.15, 0.2) is 35.1 Å². The molecule has 0 radical (unpaired) electrons. The van der Waals surface area contributed by atoms with Crippen molar-refractivity contribution in [1.82, 2.24) is 4.90 Å². The van der Waals surface area contributed by atoms with Gasteiger partial charge in [0, 0.05) is 51.0 Å². The first-order chi connectivity index (χ1) is 27.8. The van der Waals surface area contributed by atoms with Gasteiger partial charge in [0.2, 0.25) is 5.79 Å². The van der Waals surface area contributed by atoms with E-state index in [-0.39, 0.29) is 55.6 Å². The highest BCUT2D eigenvalue weighted by Gasteiger charge is 2.56. The van der Waals surface area contributed by atoms with Gasteiger partial charge < -0.3 is 44.5 Å². The number of esters is 1. The molecule has 0 aromatic carbocycles. The van der Waals surface area contributed by atoms with E-state index in [0.29, 0.717) is 44.1 Å². The van der Waals surface area contributed by atoms with Crippen LogP contribution in [0, 0.1) is 29.6 Å². The molecule has 1 aliphatic carbocycles. The maximum absolute atomic E-state index is 14.4. The number of carbonyl (C=O) groups excluding carboxylic acids is 4. The Bertz CT molecular complexity index is 1560. The molecule has 334 valence electrons. The quantitative estimate of drug-likeness (QED) is 0.123. The number of allylic oxidation sites excluding steroid dienone is 4. The third-order valence-corrected chi connectivity index (χ3v) is 13.2. The molecule has 0 aromatic heterocycles. The molecule has 3 aliphatic heterocycles. The fraction of sp³-hybridized carbons (Fsp3) is 0.783. The number of rotatable bonds is 7. The number of piperidine rings is 1. The summed E-state index contributed by atoms with van der Waals surface area (Å²) in [6.07, 6.45) is 6.72. The van der Waals surface area contributed by atoms with Crippen LogP contribution in [-0.2, 0) is 42.9 Å². The molecule has 0 spiro atoms. The molecule has 4 aliphatic rings. The molecule has 13 nitrogen and oxygen atoms in total. The second kappa shape index (κ2) is 21.7. The lowest BCUT2D eigenvalue weighted by Crippen LogP contribution is -2.64. The van der Waals surface area contributed by atoms with Gasteiger partial charge in [-0.05, 0) is 115 Å². The normalized spacial score (nSPS) is 39.9. The third kappa shape index (κ3) is 12.1. The summed E-state index contributed by atoms with van der Waals surface area (Å²) in [4.78, 5) is 58.0. The summed E-state index contributed by atoms with van der Waals surface area (Å²) < 4.78 is 30.4. The molecular formula is C46H74N2O11. The first-order valence-electron chi connectivity index (χ1n) is 22.0. The number of nitrogens with two attached hydrogens (primary N) is 1. The Labute approximate surface area is 352 Å². The van der Waals surface area contributed by atoms with Gasteiger partial charge >= 0.3 is 5.97 Å². The van der Waals surface area contributed by atoms with Gasteiger partial charge in [-0.1, -0.05) is 45.4 Å². The fourth-order valence-corrected chi connectivity index (χ4v) is 9.56. The number of aliphatic hydroxyl groups is 2. The number of hydrogen-bond donors (Lipinski definition) is 3. The number of methoxy groups -OCH3 is 2. The van der Waals surface area contributed by atoms with Crippen molar-refractivity contribution in [2.75, 3.05) is 20.8 Å². The largest absolute Gasteiger partial charge is 0.496 e. The van der Waals surface area contributed by atoms with Crippen molar-refractivity contribution in [3.63, 3.8) is 0 Å². The lowest BCUT2D eigenvalue weighted by molar-refractivity contribution is -0.302. The van der Waals surface area contributed by atoms with Crippen molar-refractivity contribution >= 4 is 23.4 Å². The van der Waals surface area contributed by atoms with Gasteiger partial charge in [-0.15, -0.1) is 0 Å². The maximum Gasteiger partial charge on any atom is 0.329 e. The SMILES string of the molecule is CCC1/C=C(\C)CC(C)CC(OC)C2OC(O)(C(=O)C(=O)N3CCCCC3C(=O)OC(C(C)=CC3CCC(N)C(OC=C(C)C)C3)C(C)C(O)CC1=O)C(C)CC2OC. The number of Topliss-reactive ketones (excluding diaryl/α,β-unsaturated/α-hetero) is 2. The monoisotopic (exact) mass is 831 g/mol. The minimum Gasteiger partial charge on any atom is -0.496 e. The van der Waals surface area contributed by atoms with Crippen molar-refractivity contribution in [2.24, 2.45) is 35.3 Å². The Morgan fingerprint density at radius 1 is 0.966 bits per heavy atom. The van der Waals surface area contributed by atoms with Gasteiger partial charge in [-0.2, -0.15) is 0 Å². The molecule has 4 N–H and O–H groups in total. The number of ether oxygens (including phenoxy) is 5. The number of aliphatic hydroxyl groups excluding tert-OH is 1. The summed E-state index contributed by atoms with van der Waals surface area (Å²) in [5.74, 6) is -7.39. The molecule has 13 heteroatoms. The van der Waals surface area contributed by atoms with Crippen LogP contribution >= 0.6 is 0 Å². The minimum atomic E-state index is -2.50. The highest BCUT2D eigenvalue weighted by atomic mass is 16.7. The average Bonchev–Trinajstić information content (AvgIpc) is 3.20. The van der Waals surface area contributed by atoms with Crippen LogP contribution in [0.5, 0.6) is 0 Å². The number of cyclic esters (lactones) is 1. The Morgan fingerprint density at radius 3 is 2.29 bits per heavy atom. The Balaban J connectivity index is 1.76. The smallest absolute Gasteiger partial charge is 0.329 e. The van der Waals surface area contributed by atoms with Crippen molar-refractivity contribution in [3.8, 4) is 0 Å².